The molecule has 150 valence electrons. The Morgan fingerprint density at radius 1 is 1.42 bits per heavy atom. The molecule has 0 radical (unpaired) electrons. The molecule has 0 saturated carbocycles. The van der Waals surface area contributed by atoms with E-state index in [2.05, 4.69) is 21.9 Å². The van der Waals surface area contributed by atoms with Gasteiger partial charge in [0.05, 0.1) is 10.3 Å². The Morgan fingerprint density at radius 2 is 2.15 bits per heavy atom. The molecule has 7 nitrogen and oxygen atoms in total. The summed E-state index contributed by atoms with van der Waals surface area (Å²) in [5.41, 5.74) is 0.453. The number of aliphatic hydroxyl groups excluding tert-OH is 1. The lowest BCUT2D eigenvalue weighted by atomic mass is 10.0. The van der Waals surface area contributed by atoms with Gasteiger partial charge in [0, 0.05) is 18.7 Å². The molecule has 26 heavy (non-hydrogen) atoms. The summed E-state index contributed by atoms with van der Waals surface area (Å²) >= 11 is 2.80. The van der Waals surface area contributed by atoms with E-state index >= 15 is 0 Å². The zero-order valence-electron chi connectivity index (χ0n) is 15.6. The van der Waals surface area contributed by atoms with Gasteiger partial charge in [-0.05, 0) is 57.3 Å². The lowest BCUT2D eigenvalue weighted by Crippen LogP contribution is -2.61. The zero-order valence-corrected chi connectivity index (χ0v) is 18.1. The normalized spacial score (nSPS) is 22.3. The third-order valence-corrected chi connectivity index (χ3v) is 8.01. The number of hydrogen-bond donors (Lipinski definition) is 4. The number of rotatable bonds is 10. The van der Waals surface area contributed by atoms with Crippen molar-refractivity contribution in [2.45, 2.75) is 60.2 Å². The molecule has 1 aliphatic rings. The van der Waals surface area contributed by atoms with Gasteiger partial charge < -0.3 is 5.11 Å². The van der Waals surface area contributed by atoms with Crippen molar-refractivity contribution >= 4 is 33.3 Å². The van der Waals surface area contributed by atoms with Crippen molar-refractivity contribution in [3.05, 3.63) is 11.6 Å². The van der Waals surface area contributed by atoms with Gasteiger partial charge in [-0.25, -0.2) is 17.9 Å². The van der Waals surface area contributed by atoms with Crippen LogP contribution in [0.15, 0.2) is 14.5 Å². The van der Waals surface area contributed by atoms with Crippen molar-refractivity contribution in [1.29, 1.82) is 0 Å². The smallest absolute Gasteiger partial charge is 0.247 e. The molecular formula is C16H30N4O3S3. The SMILES string of the molecule is CCCNC1(NCC)CN(CCCC(C)O)Sc2sc(S(N)(=O)=O)cc21. The zero-order chi connectivity index (χ0) is 19.4. The Morgan fingerprint density at radius 3 is 2.73 bits per heavy atom. The number of nitrogens with zero attached hydrogens (tertiary/aromatic N) is 1. The van der Waals surface area contributed by atoms with Crippen LogP contribution < -0.4 is 15.8 Å². The number of thiophene rings is 1. The molecule has 5 N–H and O–H groups in total. The fourth-order valence-electron chi connectivity index (χ4n) is 3.05. The fourth-order valence-corrected chi connectivity index (χ4v) is 6.69. The van der Waals surface area contributed by atoms with Gasteiger partial charge in [0.1, 0.15) is 9.87 Å². The maximum absolute atomic E-state index is 11.9. The minimum absolute atomic E-state index is 0.196. The van der Waals surface area contributed by atoms with Gasteiger partial charge in [0.2, 0.25) is 10.0 Å². The van der Waals surface area contributed by atoms with Crippen LogP contribution in [-0.2, 0) is 15.7 Å². The predicted molar refractivity (Wildman–Crippen MR) is 108 cm³/mol. The van der Waals surface area contributed by atoms with Crippen LogP contribution in [0.2, 0.25) is 0 Å². The van der Waals surface area contributed by atoms with Gasteiger partial charge in [-0.1, -0.05) is 13.8 Å². The number of sulfonamides is 1. The second kappa shape index (κ2) is 9.33. The number of nitrogens with two attached hydrogens (primary N) is 1. The van der Waals surface area contributed by atoms with Crippen molar-refractivity contribution in [3.63, 3.8) is 0 Å². The van der Waals surface area contributed by atoms with Crippen LogP contribution >= 0.6 is 23.3 Å². The van der Waals surface area contributed by atoms with Crippen LogP contribution in [0, 0.1) is 0 Å². The van der Waals surface area contributed by atoms with E-state index in [-0.39, 0.29) is 10.3 Å². The van der Waals surface area contributed by atoms with Crippen molar-refractivity contribution in [1.82, 2.24) is 14.9 Å². The molecule has 0 fully saturated rings. The summed E-state index contributed by atoms with van der Waals surface area (Å²) in [6, 6.07) is 1.71. The van der Waals surface area contributed by atoms with Crippen LogP contribution in [0.1, 0.15) is 45.6 Å². The Hall–Kier alpha value is -0.200. The maximum Gasteiger partial charge on any atom is 0.247 e. The van der Waals surface area contributed by atoms with Gasteiger partial charge in [-0.2, -0.15) is 0 Å². The highest BCUT2D eigenvalue weighted by molar-refractivity contribution is 7.99. The quantitative estimate of drug-likeness (QED) is 0.335. The summed E-state index contributed by atoms with van der Waals surface area (Å²) in [4.78, 5) is 0. The van der Waals surface area contributed by atoms with E-state index in [1.54, 1.807) is 24.9 Å². The first-order valence-corrected chi connectivity index (χ1v) is 12.1. The van der Waals surface area contributed by atoms with E-state index in [1.165, 1.54) is 11.3 Å². The van der Waals surface area contributed by atoms with Gasteiger partial charge in [-0.15, -0.1) is 11.3 Å². The summed E-state index contributed by atoms with van der Waals surface area (Å²) in [7, 11) is -3.73. The molecule has 2 atom stereocenters. The average Bonchev–Trinajstić information content (AvgIpc) is 2.98. The van der Waals surface area contributed by atoms with Gasteiger partial charge >= 0.3 is 0 Å². The van der Waals surface area contributed by atoms with Gasteiger partial charge in [0.15, 0.2) is 0 Å². The molecule has 0 saturated heterocycles. The van der Waals surface area contributed by atoms with E-state index in [1.807, 2.05) is 6.92 Å². The van der Waals surface area contributed by atoms with Crippen LogP contribution in [-0.4, -0.2) is 50.1 Å². The predicted octanol–water partition coefficient (Wildman–Crippen LogP) is 1.64. The number of hydrogen-bond acceptors (Lipinski definition) is 8. The molecule has 2 rings (SSSR count). The third kappa shape index (κ3) is 5.41. The van der Waals surface area contributed by atoms with E-state index in [0.29, 0.717) is 6.54 Å². The minimum Gasteiger partial charge on any atom is -0.393 e. The number of primary sulfonamides is 1. The molecule has 0 aromatic carbocycles. The minimum atomic E-state index is -3.73. The Balaban J connectivity index is 2.35. The first-order chi connectivity index (χ1) is 12.2. The van der Waals surface area contributed by atoms with E-state index < -0.39 is 15.7 Å². The summed E-state index contributed by atoms with van der Waals surface area (Å²) in [6.07, 6.45) is 2.29. The highest BCUT2D eigenvalue weighted by Crippen LogP contribution is 2.45. The van der Waals surface area contributed by atoms with Crippen LogP contribution in [0.3, 0.4) is 0 Å². The Kier molecular flexibility index (Phi) is 7.93. The summed E-state index contributed by atoms with van der Waals surface area (Å²) in [5, 5.41) is 22.0. The van der Waals surface area contributed by atoms with Crippen LogP contribution in [0.5, 0.6) is 0 Å². The fraction of sp³-hybridized carbons (Fsp3) is 0.750. The molecule has 2 heterocycles. The lowest BCUT2D eigenvalue weighted by molar-refractivity contribution is 0.169. The van der Waals surface area contributed by atoms with Gasteiger partial charge in [-0.3, -0.25) is 10.6 Å². The summed E-state index contributed by atoms with van der Waals surface area (Å²) < 4.78 is 27.1. The molecule has 1 aromatic rings. The second-order valence-corrected chi connectivity index (χ2v) is 10.8. The summed E-state index contributed by atoms with van der Waals surface area (Å²) in [6.45, 7) is 9.04. The summed E-state index contributed by atoms with van der Waals surface area (Å²) in [5.74, 6) is 0. The number of likely N-dealkylation sites (N-methyl/N-ethyl adjacent to an activating group) is 1. The Labute approximate surface area is 164 Å². The highest BCUT2D eigenvalue weighted by Gasteiger charge is 2.41. The molecule has 0 aliphatic carbocycles. The van der Waals surface area contributed by atoms with E-state index in [0.717, 1.165) is 48.7 Å². The van der Waals surface area contributed by atoms with Crippen LogP contribution in [0.4, 0.5) is 0 Å². The van der Waals surface area contributed by atoms with Crippen molar-refractivity contribution in [3.8, 4) is 0 Å². The van der Waals surface area contributed by atoms with E-state index in [4.69, 9.17) is 5.14 Å². The molecule has 10 heteroatoms. The van der Waals surface area contributed by atoms with Crippen molar-refractivity contribution in [2.75, 3.05) is 26.2 Å². The topological polar surface area (TPSA) is 108 Å². The number of nitrogens with one attached hydrogen (secondary N) is 2. The Bertz CT molecular complexity index is 693. The largest absolute Gasteiger partial charge is 0.393 e. The first-order valence-electron chi connectivity index (χ1n) is 9.00. The second-order valence-electron chi connectivity index (χ2n) is 6.62. The number of aliphatic hydroxyl groups is 1. The molecule has 0 bridgehead atoms. The molecule has 1 aromatic heterocycles. The standard InChI is InChI=1S/C16H30N4O3S3/c1-4-8-19-16(18-5-2)11-20(9-6-7-12(3)21)25-15-13(16)10-14(24-15)26(17,22)23/h10,12,18-19,21H,4-9,11H2,1-3H3,(H2,17,22,23). The third-order valence-electron chi connectivity index (χ3n) is 4.23. The highest BCUT2D eigenvalue weighted by atomic mass is 32.3. The van der Waals surface area contributed by atoms with E-state index in [9.17, 15) is 13.5 Å². The number of fused-ring (bicyclic) bond motifs is 1. The van der Waals surface area contributed by atoms with Crippen molar-refractivity contribution in [2.24, 2.45) is 5.14 Å². The molecular weight excluding hydrogens is 392 g/mol. The molecule has 0 amide bonds. The lowest BCUT2D eigenvalue weighted by Gasteiger charge is -2.43. The maximum atomic E-state index is 11.9. The molecule has 2 unspecified atom stereocenters. The average molecular weight is 423 g/mol. The van der Waals surface area contributed by atoms with Crippen LogP contribution in [0.25, 0.3) is 0 Å². The first kappa shape index (κ1) is 22.1. The molecule has 1 aliphatic heterocycles. The monoisotopic (exact) mass is 422 g/mol. The van der Waals surface area contributed by atoms with Gasteiger partial charge in [0.25, 0.3) is 0 Å². The van der Waals surface area contributed by atoms with Crippen molar-refractivity contribution < 1.29 is 13.5 Å². The molecule has 0 spiro atoms.